The monoisotopic (exact) mass is 314 g/mol. The van der Waals surface area contributed by atoms with E-state index in [9.17, 15) is 13.2 Å². The number of nitrogens with one attached hydrogen (secondary N) is 1. The molecule has 0 aromatic rings. The number of rotatable bonds is 5. The number of carbonyl (C=O) groups is 1. The normalized spacial score (nSPS) is 21.3. The number of hydrogen-bond donors (Lipinski definition) is 1. The van der Waals surface area contributed by atoms with Gasteiger partial charge in [0.25, 0.3) is 5.91 Å². The molecule has 2 atom stereocenters. The molecule has 1 N–H and O–H groups in total. The van der Waals surface area contributed by atoms with Crippen LogP contribution in [-0.4, -0.2) is 69.6 Å². The lowest BCUT2D eigenvalue weighted by atomic mass is 10.2. The van der Waals surface area contributed by atoms with Crippen molar-refractivity contribution in [2.45, 2.75) is 26.0 Å². The Balaban J connectivity index is 0.00000324. The molecule has 1 rings (SSSR count). The molecule has 1 aliphatic heterocycles. The second kappa shape index (κ2) is 8.04. The van der Waals surface area contributed by atoms with Crippen molar-refractivity contribution in [3.63, 3.8) is 0 Å². The van der Waals surface area contributed by atoms with E-state index in [1.807, 2.05) is 0 Å². The summed E-state index contributed by atoms with van der Waals surface area (Å²) in [6.45, 7) is 5.08. The molecule has 1 amide bonds. The largest absolute Gasteiger partial charge is 0.366 e. The third-order valence-corrected chi connectivity index (χ3v) is 5.02. The second-order valence-electron chi connectivity index (χ2n) is 4.56. The topological polar surface area (TPSA) is 75.7 Å². The van der Waals surface area contributed by atoms with Gasteiger partial charge in [-0.05, 0) is 6.92 Å². The molecule has 19 heavy (non-hydrogen) atoms. The van der Waals surface area contributed by atoms with Crippen LogP contribution in [0.15, 0.2) is 0 Å². The molecule has 6 nitrogen and oxygen atoms in total. The van der Waals surface area contributed by atoms with Crippen LogP contribution in [0.2, 0.25) is 0 Å². The number of likely N-dealkylation sites (N-methyl/N-ethyl adjacent to an activating group) is 1. The molecule has 0 aliphatic carbocycles. The predicted molar refractivity (Wildman–Crippen MR) is 76.4 cm³/mol. The van der Waals surface area contributed by atoms with Crippen LogP contribution in [0.25, 0.3) is 0 Å². The van der Waals surface area contributed by atoms with Crippen molar-refractivity contribution in [2.75, 3.05) is 38.2 Å². The van der Waals surface area contributed by atoms with Gasteiger partial charge in [-0.15, -0.1) is 12.4 Å². The van der Waals surface area contributed by atoms with Crippen LogP contribution in [0, 0.1) is 0 Å². The van der Waals surface area contributed by atoms with E-state index in [2.05, 4.69) is 5.32 Å². The molecule has 1 aliphatic rings. The van der Waals surface area contributed by atoms with Gasteiger partial charge in [-0.1, -0.05) is 6.92 Å². The number of sulfone groups is 1. The van der Waals surface area contributed by atoms with Crippen LogP contribution in [0.3, 0.4) is 0 Å². The number of nitrogens with zero attached hydrogens (tertiary/aromatic N) is 1. The van der Waals surface area contributed by atoms with Crippen LogP contribution in [0.5, 0.6) is 0 Å². The lowest BCUT2D eigenvalue weighted by Crippen LogP contribution is -2.51. The maximum absolute atomic E-state index is 12.1. The van der Waals surface area contributed by atoms with Crippen LogP contribution in [-0.2, 0) is 19.4 Å². The summed E-state index contributed by atoms with van der Waals surface area (Å²) in [5.41, 5.74) is 0. The molecule has 0 saturated carbocycles. The Morgan fingerprint density at radius 2 is 2.16 bits per heavy atom. The Bertz CT molecular complexity index is 382. The fourth-order valence-corrected chi connectivity index (χ4v) is 2.96. The summed E-state index contributed by atoms with van der Waals surface area (Å²) >= 11 is 0. The maximum Gasteiger partial charge on any atom is 0.253 e. The fraction of sp³-hybridized carbons (Fsp3) is 0.909. The van der Waals surface area contributed by atoms with Crippen molar-refractivity contribution in [2.24, 2.45) is 0 Å². The first-order chi connectivity index (χ1) is 8.37. The number of amides is 1. The minimum Gasteiger partial charge on any atom is -0.366 e. The van der Waals surface area contributed by atoms with Gasteiger partial charge in [0, 0.05) is 31.9 Å². The molecule has 114 valence electrons. The van der Waals surface area contributed by atoms with E-state index in [0.29, 0.717) is 13.2 Å². The zero-order chi connectivity index (χ0) is 13.8. The third kappa shape index (κ3) is 5.64. The molecule has 1 saturated heterocycles. The number of halogens is 1. The first-order valence-corrected chi connectivity index (χ1v) is 7.99. The van der Waals surface area contributed by atoms with Gasteiger partial charge in [0.2, 0.25) is 0 Å². The molecule has 1 fully saturated rings. The number of morpholine rings is 1. The lowest BCUT2D eigenvalue weighted by molar-refractivity contribution is -0.145. The zero-order valence-electron chi connectivity index (χ0n) is 11.6. The molecule has 0 spiro atoms. The minimum absolute atomic E-state index is 0. The molecule has 1 heterocycles. The van der Waals surface area contributed by atoms with Crippen molar-refractivity contribution in [3.05, 3.63) is 0 Å². The Labute approximate surface area is 121 Å². The van der Waals surface area contributed by atoms with Gasteiger partial charge in [-0.2, -0.15) is 0 Å². The molecule has 8 heteroatoms. The van der Waals surface area contributed by atoms with E-state index in [4.69, 9.17) is 4.74 Å². The van der Waals surface area contributed by atoms with E-state index >= 15 is 0 Å². The van der Waals surface area contributed by atoms with Crippen LogP contribution >= 0.6 is 12.4 Å². The maximum atomic E-state index is 12.1. The predicted octanol–water partition coefficient (Wildman–Crippen LogP) is -0.322. The summed E-state index contributed by atoms with van der Waals surface area (Å²) in [6, 6.07) is -0.340. The van der Waals surface area contributed by atoms with Gasteiger partial charge in [0.1, 0.15) is 6.10 Å². The first-order valence-electron chi connectivity index (χ1n) is 6.16. The van der Waals surface area contributed by atoms with Gasteiger partial charge in [-0.25, -0.2) is 8.42 Å². The average Bonchev–Trinajstić information content (AvgIpc) is 2.37. The van der Waals surface area contributed by atoms with Crippen molar-refractivity contribution in [3.8, 4) is 0 Å². The zero-order valence-corrected chi connectivity index (χ0v) is 13.2. The van der Waals surface area contributed by atoms with Crippen molar-refractivity contribution in [1.82, 2.24) is 10.2 Å². The van der Waals surface area contributed by atoms with Crippen LogP contribution in [0.4, 0.5) is 0 Å². The number of hydrogen-bond acceptors (Lipinski definition) is 5. The second-order valence-corrected chi connectivity index (χ2v) is 6.96. The number of ether oxygens (including phenoxy) is 1. The Kier molecular flexibility index (Phi) is 7.88. The number of carbonyl (C=O) groups excluding carboxylic acids is 1. The van der Waals surface area contributed by atoms with Crippen LogP contribution < -0.4 is 5.32 Å². The summed E-state index contributed by atoms with van der Waals surface area (Å²) in [5.74, 6) is -0.0757. The molecule has 2 unspecified atom stereocenters. The summed E-state index contributed by atoms with van der Waals surface area (Å²) in [5, 5.41) is 3.08. The standard InChI is InChI=1S/C11H22N2O4S.ClH/c1-4-18(15,16)8-9(2)13(3)11(14)10-7-12-5-6-17-10;/h9-10,12H,4-8H2,1-3H3;1H. The van der Waals surface area contributed by atoms with Crippen molar-refractivity contribution >= 4 is 28.2 Å². The first kappa shape index (κ1) is 18.6. The fourth-order valence-electron chi connectivity index (χ4n) is 1.77. The van der Waals surface area contributed by atoms with E-state index < -0.39 is 15.9 Å². The Morgan fingerprint density at radius 3 is 2.63 bits per heavy atom. The molecular weight excluding hydrogens is 292 g/mol. The minimum atomic E-state index is -3.08. The highest BCUT2D eigenvalue weighted by Gasteiger charge is 2.28. The van der Waals surface area contributed by atoms with Crippen molar-refractivity contribution < 1.29 is 17.9 Å². The van der Waals surface area contributed by atoms with Gasteiger partial charge < -0.3 is 15.0 Å². The summed E-state index contributed by atoms with van der Waals surface area (Å²) in [6.07, 6.45) is -0.504. The summed E-state index contributed by atoms with van der Waals surface area (Å²) < 4.78 is 28.4. The highest BCUT2D eigenvalue weighted by atomic mass is 35.5. The molecule has 0 radical (unpaired) electrons. The summed E-state index contributed by atoms with van der Waals surface area (Å²) in [7, 11) is -1.46. The lowest BCUT2D eigenvalue weighted by Gasteiger charge is -2.30. The SMILES string of the molecule is CCS(=O)(=O)CC(C)N(C)C(=O)C1CNCCO1.Cl. The molecule has 0 bridgehead atoms. The van der Waals surface area contributed by atoms with Gasteiger partial charge >= 0.3 is 0 Å². The molecular formula is C11H23ClN2O4S. The van der Waals surface area contributed by atoms with Gasteiger partial charge in [0.15, 0.2) is 9.84 Å². The van der Waals surface area contributed by atoms with E-state index in [1.165, 1.54) is 4.90 Å². The van der Waals surface area contributed by atoms with E-state index in [-0.39, 0.29) is 35.9 Å². The van der Waals surface area contributed by atoms with Gasteiger partial charge in [0.05, 0.1) is 12.4 Å². The Hall–Kier alpha value is -0.370. The van der Waals surface area contributed by atoms with E-state index in [0.717, 1.165) is 6.54 Å². The Morgan fingerprint density at radius 1 is 1.53 bits per heavy atom. The molecule has 0 aromatic heterocycles. The van der Waals surface area contributed by atoms with Crippen molar-refractivity contribution in [1.29, 1.82) is 0 Å². The highest BCUT2D eigenvalue weighted by Crippen LogP contribution is 2.07. The highest BCUT2D eigenvalue weighted by molar-refractivity contribution is 7.91. The van der Waals surface area contributed by atoms with Gasteiger partial charge in [-0.3, -0.25) is 4.79 Å². The molecule has 0 aromatic carbocycles. The van der Waals surface area contributed by atoms with Crippen LogP contribution in [0.1, 0.15) is 13.8 Å². The quantitative estimate of drug-likeness (QED) is 0.752. The average molecular weight is 315 g/mol. The third-order valence-electron chi connectivity index (χ3n) is 3.15. The van der Waals surface area contributed by atoms with E-state index in [1.54, 1.807) is 20.9 Å². The summed E-state index contributed by atoms with van der Waals surface area (Å²) in [4.78, 5) is 13.5. The smallest absolute Gasteiger partial charge is 0.253 e.